The van der Waals surface area contributed by atoms with E-state index in [0.717, 1.165) is 25.2 Å². The van der Waals surface area contributed by atoms with Gasteiger partial charge >= 0.3 is 7.69 Å². The molecule has 14 heavy (non-hydrogen) atoms. The van der Waals surface area contributed by atoms with Crippen LogP contribution < -0.4 is 9.39 Å². The summed E-state index contributed by atoms with van der Waals surface area (Å²) in [6, 6.07) is 7.12. The van der Waals surface area contributed by atoms with Crippen LogP contribution in [0, 0.1) is 0 Å². The zero-order valence-corrected chi connectivity index (χ0v) is 8.27. The van der Waals surface area contributed by atoms with Gasteiger partial charge in [-0.25, -0.2) is 0 Å². The van der Waals surface area contributed by atoms with Crippen LogP contribution in [0.1, 0.15) is 19.8 Å². The first-order valence-electron chi connectivity index (χ1n) is 4.72. The van der Waals surface area contributed by atoms with Gasteiger partial charge in [0.25, 0.3) is 0 Å². The van der Waals surface area contributed by atoms with Crippen molar-refractivity contribution in [3.05, 3.63) is 24.3 Å². The van der Waals surface area contributed by atoms with Crippen molar-refractivity contribution in [2.24, 2.45) is 0 Å². The lowest BCUT2D eigenvalue weighted by Gasteiger charge is -2.06. The second kappa shape index (κ2) is 6.32. The Hall–Kier alpha value is -1.16. The van der Waals surface area contributed by atoms with Gasteiger partial charge in [-0.15, -0.1) is 0 Å². The Labute approximate surface area is 85.0 Å². The Morgan fingerprint density at radius 3 is 2.43 bits per heavy atom. The monoisotopic (exact) mass is 193 g/mol. The smallest absolute Gasteiger partial charge is 0.537 e. The molecular weight excluding hydrogens is 179 g/mol. The van der Waals surface area contributed by atoms with Crippen molar-refractivity contribution in [1.82, 2.24) is 0 Å². The molecule has 0 saturated heterocycles. The third kappa shape index (κ3) is 3.70. The maximum atomic E-state index is 8.38. The first kappa shape index (κ1) is 10.9. The molecule has 1 aromatic rings. The van der Waals surface area contributed by atoms with Crippen LogP contribution in [0.5, 0.6) is 11.5 Å². The normalized spacial score (nSPS) is 9.57. The maximum Gasteiger partial charge on any atom is 0.569 e. The molecule has 0 amide bonds. The van der Waals surface area contributed by atoms with Gasteiger partial charge in [-0.3, -0.25) is 0 Å². The summed E-state index contributed by atoms with van der Waals surface area (Å²) in [5.74, 6) is 1.42. The Balaban J connectivity index is 2.38. The maximum absolute atomic E-state index is 8.38. The Kier molecular flexibility index (Phi) is 4.93. The highest BCUT2D eigenvalue weighted by Crippen LogP contribution is 2.17. The van der Waals surface area contributed by atoms with E-state index < -0.39 is 0 Å². The van der Waals surface area contributed by atoms with Gasteiger partial charge in [-0.1, -0.05) is 13.3 Å². The van der Waals surface area contributed by atoms with Crippen LogP contribution in [0.4, 0.5) is 0 Å². The topological polar surface area (TPSA) is 38.7 Å². The van der Waals surface area contributed by atoms with Crippen LogP contribution in [0.3, 0.4) is 0 Å². The van der Waals surface area contributed by atoms with Crippen LogP contribution in [-0.4, -0.2) is 19.3 Å². The van der Waals surface area contributed by atoms with E-state index in [1.807, 2.05) is 12.1 Å². The first-order valence-corrected chi connectivity index (χ1v) is 4.72. The van der Waals surface area contributed by atoms with Crippen molar-refractivity contribution in [2.45, 2.75) is 19.8 Å². The number of unbranched alkanes of at least 4 members (excludes halogenated alkanes) is 1. The van der Waals surface area contributed by atoms with E-state index in [-0.39, 0.29) is 0 Å². The van der Waals surface area contributed by atoms with Gasteiger partial charge in [-0.2, -0.15) is 0 Å². The number of benzene rings is 1. The van der Waals surface area contributed by atoms with E-state index in [1.165, 1.54) is 0 Å². The largest absolute Gasteiger partial charge is 0.569 e. The van der Waals surface area contributed by atoms with Crippen molar-refractivity contribution in [1.29, 1.82) is 0 Å². The summed E-state index contributed by atoms with van der Waals surface area (Å²) in [5.41, 5.74) is 0. The first-order chi connectivity index (χ1) is 6.86. The van der Waals surface area contributed by atoms with Gasteiger partial charge in [0.2, 0.25) is 0 Å². The fraction of sp³-hybridized carbons (Fsp3) is 0.400. The van der Waals surface area contributed by atoms with Crippen molar-refractivity contribution < 1.29 is 14.4 Å². The molecular formula is C10H14BO3. The van der Waals surface area contributed by atoms with E-state index in [4.69, 9.17) is 14.4 Å². The molecule has 0 bridgehead atoms. The fourth-order valence-electron chi connectivity index (χ4n) is 1.01. The van der Waals surface area contributed by atoms with Crippen LogP contribution in [0.25, 0.3) is 0 Å². The molecule has 0 heterocycles. The highest BCUT2D eigenvalue weighted by molar-refractivity contribution is 6.17. The molecule has 0 aromatic heterocycles. The molecule has 0 unspecified atom stereocenters. The lowest BCUT2D eigenvalue weighted by Crippen LogP contribution is -2.00. The standard InChI is InChI=1S/C10H14BO3/c1-2-3-8-13-9-4-6-10(7-5-9)14-11-12/h4-7,12H,2-3,8H2,1H3. The molecule has 1 rings (SSSR count). The van der Waals surface area contributed by atoms with Gasteiger partial charge in [0, 0.05) is 0 Å². The molecule has 1 radical (unpaired) electrons. The zero-order valence-electron chi connectivity index (χ0n) is 8.27. The highest BCUT2D eigenvalue weighted by Gasteiger charge is 1.96. The molecule has 75 valence electrons. The number of hydrogen-bond acceptors (Lipinski definition) is 3. The Morgan fingerprint density at radius 2 is 1.86 bits per heavy atom. The summed E-state index contributed by atoms with van der Waals surface area (Å²) in [5, 5.41) is 8.38. The summed E-state index contributed by atoms with van der Waals surface area (Å²) >= 11 is 0. The quantitative estimate of drug-likeness (QED) is 0.552. The van der Waals surface area contributed by atoms with Crippen molar-refractivity contribution in [3.63, 3.8) is 0 Å². The van der Waals surface area contributed by atoms with Gasteiger partial charge in [0.05, 0.1) is 6.61 Å². The molecule has 0 aliphatic heterocycles. The molecule has 0 aliphatic rings. The fourth-order valence-corrected chi connectivity index (χ4v) is 1.01. The van der Waals surface area contributed by atoms with Crippen molar-refractivity contribution in [3.8, 4) is 11.5 Å². The van der Waals surface area contributed by atoms with Gasteiger partial charge in [-0.05, 0) is 30.7 Å². The Bertz CT molecular complexity index is 248. The lowest BCUT2D eigenvalue weighted by atomic mass is 10.3. The minimum absolute atomic E-state index is 0.593. The average Bonchev–Trinajstić information content (AvgIpc) is 2.21. The summed E-state index contributed by atoms with van der Waals surface area (Å²) in [7, 11) is 0.660. The highest BCUT2D eigenvalue weighted by atomic mass is 16.5. The summed E-state index contributed by atoms with van der Waals surface area (Å²) in [6.07, 6.45) is 2.18. The second-order valence-corrected chi connectivity index (χ2v) is 2.90. The SMILES string of the molecule is CCCCOc1ccc(O[B]O)cc1. The van der Waals surface area contributed by atoms with Gasteiger partial charge < -0.3 is 14.4 Å². The van der Waals surface area contributed by atoms with E-state index in [2.05, 4.69) is 6.92 Å². The van der Waals surface area contributed by atoms with Crippen LogP contribution in [0.2, 0.25) is 0 Å². The molecule has 1 aromatic carbocycles. The molecule has 0 fully saturated rings. The van der Waals surface area contributed by atoms with Crippen molar-refractivity contribution >= 4 is 7.69 Å². The summed E-state index contributed by atoms with van der Waals surface area (Å²) in [4.78, 5) is 0. The Morgan fingerprint density at radius 1 is 1.21 bits per heavy atom. The summed E-state index contributed by atoms with van der Waals surface area (Å²) in [6.45, 7) is 2.86. The second-order valence-electron chi connectivity index (χ2n) is 2.90. The predicted molar refractivity (Wildman–Crippen MR) is 55.4 cm³/mol. The summed E-state index contributed by atoms with van der Waals surface area (Å²) < 4.78 is 10.2. The number of rotatable bonds is 6. The minimum Gasteiger partial charge on any atom is -0.537 e. The average molecular weight is 193 g/mol. The van der Waals surface area contributed by atoms with Crippen LogP contribution in [-0.2, 0) is 0 Å². The third-order valence-electron chi connectivity index (χ3n) is 1.78. The van der Waals surface area contributed by atoms with Gasteiger partial charge in [0.1, 0.15) is 11.5 Å². The lowest BCUT2D eigenvalue weighted by molar-refractivity contribution is 0.309. The van der Waals surface area contributed by atoms with Crippen molar-refractivity contribution in [2.75, 3.05) is 6.61 Å². The third-order valence-corrected chi connectivity index (χ3v) is 1.78. The van der Waals surface area contributed by atoms with E-state index in [0.29, 0.717) is 13.4 Å². The van der Waals surface area contributed by atoms with E-state index in [1.54, 1.807) is 12.1 Å². The molecule has 1 N–H and O–H groups in total. The van der Waals surface area contributed by atoms with E-state index >= 15 is 0 Å². The molecule has 0 spiro atoms. The number of hydrogen-bond donors (Lipinski definition) is 1. The molecule has 0 aliphatic carbocycles. The molecule has 0 atom stereocenters. The zero-order chi connectivity index (χ0) is 10.2. The van der Waals surface area contributed by atoms with E-state index in [9.17, 15) is 0 Å². The van der Waals surface area contributed by atoms with Gasteiger partial charge in [0.15, 0.2) is 0 Å². The molecule has 3 nitrogen and oxygen atoms in total. The predicted octanol–water partition coefficient (Wildman–Crippen LogP) is 1.77. The molecule has 0 saturated carbocycles. The number of ether oxygens (including phenoxy) is 1. The van der Waals surface area contributed by atoms with Crippen LogP contribution >= 0.6 is 0 Å². The molecule has 4 heteroatoms. The van der Waals surface area contributed by atoms with Crippen LogP contribution in [0.15, 0.2) is 24.3 Å². The minimum atomic E-state index is 0.593.